The monoisotopic (exact) mass is 293 g/mol. The summed E-state index contributed by atoms with van der Waals surface area (Å²) in [5.74, 6) is -0.0871. The SMILES string of the molecule is O=Cc1nnn(Cc2c(F)cccc2Cl)c1C1CCC1. The third kappa shape index (κ3) is 2.22. The highest BCUT2D eigenvalue weighted by Gasteiger charge is 2.28. The van der Waals surface area contributed by atoms with E-state index < -0.39 is 0 Å². The first-order valence-corrected chi connectivity index (χ1v) is 6.90. The highest BCUT2D eigenvalue weighted by atomic mass is 35.5. The highest BCUT2D eigenvalue weighted by Crippen LogP contribution is 2.37. The maximum atomic E-state index is 13.8. The Labute approximate surface area is 120 Å². The molecule has 3 rings (SSSR count). The number of halogens is 2. The molecule has 0 amide bonds. The van der Waals surface area contributed by atoms with Crippen molar-refractivity contribution in [2.24, 2.45) is 0 Å². The fourth-order valence-corrected chi connectivity index (χ4v) is 2.69. The van der Waals surface area contributed by atoms with Crippen molar-refractivity contribution in [2.45, 2.75) is 31.7 Å². The van der Waals surface area contributed by atoms with E-state index in [1.807, 2.05) is 0 Å². The van der Waals surface area contributed by atoms with Crippen LogP contribution in [0.15, 0.2) is 18.2 Å². The van der Waals surface area contributed by atoms with Gasteiger partial charge in [-0.1, -0.05) is 29.3 Å². The lowest BCUT2D eigenvalue weighted by Crippen LogP contribution is -2.17. The van der Waals surface area contributed by atoms with Gasteiger partial charge in [0.05, 0.1) is 12.2 Å². The van der Waals surface area contributed by atoms with Gasteiger partial charge in [-0.2, -0.15) is 0 Å². The third-order valence-corrected chi connectivity index (χ3v) is 4.13. The van der Waals surface area contributed by atoms with Crippen LogP contribution in [0.1, 0.15) is 46.9 Å². The molecule has 4 nitrogen and oxygen atoms in total. The van der Waals surface area contributed by atoms with Crippen molar-refractivity contribution in [3.05, 3.63) is 46.0 Å². The van der Waals surface area contributed by atoms with Crippen molar-refractivity contribution in [1.82, 2.24) is 15.0 Å². The van der Waals surface area contributed by atoms with E-state index in [4.69, 9.17) is 11.6 Å². The number of carbonyl (C=O) groups is 1. The van der Waals surface area contributed by atoms with Crippen LogP contribution in [-0.4, -0.2) is 21.3 Å². The lowest BCUT2D eigenvalue weighted by Gasteiger charge is -2.26. The Morgan fingerprint density at radius 1 is 1.45 bits per heavy atom. The van der Waals surface area contributed by atoms with E-state index in [0.717, 1.165) is 25.0 Å². The maximum Gasteiger partial charge on any atom is 0.172 e. The zero-order valence-corrected chi connectivity index (χ0v) is 11.5. The predicted octanol–water partition coefficient (Wildman–Crippen LogP) is 3.20. The van der Waals surface area contributed by atoms with Gasteiger partial charge in [0.2, 0.25) is 0 Å². The minimum absolute atomic E-state index is 0.193. The van der Waals surface area contributed by atoms with E-state index in [9.17, 15) is 9.18 Å². The molecule has 0 spiro atoms. The Hall–Kier alpha value is -1.75. The minimum Gasteiger partial charge on any atom is -0.296 e. The van der Waals surface area contributed by atoms with Crippen LogP contribution in [0, 0.1) is 5.82 Å². The van der Waals surface area contributed by atoms with E-state index >= 15 is 0 Å². The smallest absolute Gasteiger partial charge is 0.172 e. The largest absolute Gasteiger partial charge is 0.296 e. The Bertz CT molecular complexity index is 632. The number of nitrogens with zero attached hydrogens (tertiary/aromatic N) is 3. The molecular weight excluding hydrogens is 281 g/mol. The Morgan fingerprint density at radius 2 is 2.25 bits per heavy atom. The maximum absolute atomic E-state index is 13.8. The number of aromatic nitrogens is 3. The number of hydrogen-bond acceptors (Lipinski definition) is 3. The van der Waals surface area contributed by atoms with E-state index in [0.29, 0.717) is 22.6 Å². The van der Waals surface area contributed by atoms with E-state index in [-0.39, 0.29) is 18.3 Å². The summed E-state index contributed by atoms with van der Waals surface area (Å²) in [6.45, 7) is 0.193. The lowest BCUT2D eigenvalue weighted by atomic mass is 9.82. The van der Waals surface area contributed by atoms with Crippen molar-refractivity contribution in [3.8, 4) is 0 Å². The van der Waals surface area contributed by atoms with Crippen molar-refractivity contribution in [1.29, 1.82) is 0 Å². The summed E-state index contributed by atoms with van der Waals surface area (Å²) >= 11 is 6.03. The van der Waals surface area contributed by atoms with Crippen LogP contribution in [0.5, 0.6) is 0 Å². The van der Waals surface area contributed by atoms with Gasteiger partial charge in [-0.3, -0.25) is 4.79 Å². The van der Waals surface area contributed by atoms with Gasteiger partial charge in [-0.05, 0) is 25.0 Å². The molecule has 1 heterocycles. The summed E-state index contributed by atoms with van der Waals surface area (Å²) in [5, 5.41) is 8.20. The van der Waals surface area contributed by atoms with Crippen LogP contribution in [0.4, 0.5) is 4.39 Å². The summed E-state index contributed by atoms with van der Waals surface area (Å²) in [6.07, 6.45) is 3.87. The number of benzene rings is 1. The molecule has 0 radical (unpaired) electrons. The van der Waals surface area contributed by atoms with Crippen molar-refractivity contribution in [3.63, 3.8) is 0 Å². The van der Waals surface area contributed by atoms with Gasteiger partial charge in [0.15, 0.2) is 6.29 Å². The molecule has 1 aliphatic rings. The topological polar surface area (TPSA) is 47.8 Å². The molecule has 1 aromatic heterocycles. The summed E-state index contributed by atoms with van der Waals surface area (Å²) in [5.41, 5.74) is 1.52. The number of carbonyl (C=O) groups excluding carboxylic acids is 1. The summed E-state index contributed by atoms with van der Waals surface area (Å²) < 4.78 is 15.4. The van der Waals surface area contributed by atoms with Gasteiger partial charge in [0, 0.05) is 16.5 Å². The van der Waals surface area contributed by atoms with Crippen LogP contribution in [0.25, 0.3) is 0 Å². The van der Waals surface area contributed by atoms with E-state index in [1.165, 1.54) is 6.07 Å². The Kier molecular flexibility index (Phi) is 3.53. The average molecular weight is 294 g/mol. The summed E-state index contributed by atoms with van der Waals surface area (Å²) in [4.78, 5) is 11.1. The third-order valence-electron chi connectivity index (χ3n) is 3.77. The minimum atomic E-state index is -0.375. The predicted molar refractivity (Wildman–Crippen MR) is 72.5 cm³/mol. The molecule has 0 N–H and O–H groups in total. The molecule has 0 atom stereocenters. The quantitative estimate of drug-likeness (QED) is 0.813. The normalized spacial score (nSPS) is 15.1. The Balaban J connectivity index is 1.98. The van der Waals surface area contributed by atoms with Crippen LogP contribution in [-0.2, 0) is 6.54 Å². The number of rotatable bonds is 4. The number of hydrogen-bond donors (Lipinski definition) is 0. The van der Waals surface area contributed by atoms with Gasteiger partial charge >= 0.3 is 0 Å². The standard InChI is InChI=1S/C14H13ClFN3O/c15-11-5-2-6-12(16)10(11)7-19-14(9-3-1-4-9)13(8-20)17-18-19/h2,5-6,8-9H,1,3-4,7H2. The van der Waals surface area contributed by atoms with Crippen LogP contribution < -0.4 is 0 Å². The van der Waals surface area contributed by atoms with Crippen LogP contribution >= 0.6 is 11.6 Å². The molecule has 6 heteroatoms. The van der Waals surface area contributed by atoms with Crippen molar-refractivity contribution < 1.29 is 9.18 Å². The molecule has 2 aromatic rings. The average Bonchev–Trinajstić information content (AvgIpc) is 2.75. The second kappa shape index (κ2) is 5.32. The first-order chi connectivity index (χ1) is 9.70. The fourth-order valence-electron chi connectivity index (χ4n) is 2.47. The summed E-state index contributed by atoms with van der Waals surface area (Å²) in [7, 11) is 0. The van der Waals surface area contributed by atoms with Gasteiger partial charge in [-0.15, -0.1) is 5.10 Å². The lowest BCUT2D eigenvalue weighted by molar-refractivity contribution is 0.111. The molecule has 0 saturated heterocycles. The van der Waals surface area contributed by atoms with Gasteiger partial charge in [0.25, 0.3) is 0 Å². The van der Waals surface area contributed by atoms with Crippen LogP contribution in [0.3, 0.4) is 0 Å². The molecule has 0 bridgehead atoms. The zero-order valence-electron chi connectivity index (χ0n) is 10.7. The molecule has 0 aliphatic heterocycles. The summed E-state index contributed by atoms with van der Waals surface area (Å²) in [6, 6.07) is 4.56. The Morgan fingerprint density at radius 3 is 2.85 bits per heavy atom. The molecule has 1 aromatic carbocycles. The van der Waals surface area contributed by atoms with Gasteiger partial charge in [-0.25, -0.2) is 9.07 Å². The molecular formula is C14H13ClFN3O. The highest BCUT2D eigenvalue weighted by molar-refractivity contribution is 6.31. The zero-order chi connectivity index (χ0) is 14.1. The molecule has 104 valence electrons. The molecule has 1 saturated carbocycles. The van der Waals surface area contributed by atoms with E-state index in [2.05, 4.69) is 10.3 Å². The van der Waals surface area contributed by atoms with Crippen molar-refractivity contribution in [2.75, 3.05) is 0 Å². The van der Waals surface area contributed by atoms with Gasteiger partial charge < -0.3 is 0 Å². The fraction of sp³-hybridized carbons (Fsp3) is 0.357. The first-order valence-electron chi connectivity index (χ1n) is 6.52. The molecule has 1 aliphatic carbocycles. The second-order valence-electron chi connectivity index (χ2n) is 4.96. The molecule has 1 fully saturated rings. The van der Waals surface area contributed by atoms with Gasteiger partial charge in [0.1, 0.15) is 11.5 Å². The van der Waals surface area contributed by atoms with Crippen molar-refractivity contribution >= 4 is 17.9 Å². The number of aldehydes is 1. The molecule has 0 unspecified atom stereocenters. The first kappa shape index (κ1) is 13.2. The van der Waals surface area contributed by atoms with Crippen LogP contribution in [0.2, 0.25) is 5.02 Å². The van der Waals surface area contributed by atoms with E-state index in [1.54, 1.807) is 16.8 Å². The second-order valence-corrected chi connectivity index (χ2v) is 5.37. The molecule has 20 heavy (non-hydrogen) atoms.